The number of carbonyl (C=O) groups is 7. The molecular weight excluding hydrogens is 1410 g/mol. The zero-order valence-electron chi connectivity index (χ0n) is 64.4. The van der Waals surface area contributed by atoms with E-state index in [4.69, 9.17) is 4.98 Å². The highest BCUT2D eigenvalue weighted by Crippen LogP contribution is 2.28. The minimum Gasteiger partial charge on any atom is -0.353 e. The lowest BCUT2D eigenvalue weighted by Gasteiger charge is -2.33. The van der Waals surface area contributed by atoms with Crippen molar-refractivity contribution in [2.24, 2.45) is 0 Å². The maximum absolute atomic E-state index is 13.1. The molecule has 4 saturated heterocycles. The van der Waals surface area contributed by atoms with Gasteiger partial charge in [-0.3, -0.25) is 56.3 Å². The number of piperazine rings is 4. The van der Waals surface area contributed by atoms with Crippen LogP contribution in [0, 0.1) is 19.8 Å². The third-order valence-electron chi connectivity index (χ3n) is 18.1. The predicted octanol–water partition coefficient (Wildman–Crippen LogP) is 9.42. The summed E-state index contributed by atoms with van der Waals surface area (Å²) in [5.74, 6) is 2.56. The maximum atomic E-state index is 13.1. The number of pyridine rings is 7. The number of aryl methyl sites for hydroxylation is 2. The number of hydrogen-bond donors (Lipinski definition) is 1. The SMILES string of the molecule is CC(=O)/C=C/c1nc2ccccn2c1N1CCN(C)CC1.CC(C)=O.CN1CCN(c2c(C=O)nc3ccccn23)CC1.CN1CCNCC1.Cc1cccnc1/C=C/C(=O)/C=C/c1nc2ccccn2c1N1CCN(C)CC1.Cc1cccnc1C=O.O=Cc1cn2ccccc2n1.O=Cc1nc2ccccn2c1F. The van der Waals surface area contributed by atoms with Gasteiger partial charge in [0.25, 0.3) is 0 Å². The van der Waals surface area contributed by atoms with E-state index in [0.717, 1.165) is 179 Å². The number of allylic oxidation sites excluding steroid dienone is 3. The van der Waals surface area contributed by atoms with Crippen molar-refractivity contribution in [2.75, 3.05) is 148 Å². The van der Waals surface area contributed by atoms with Crippen molar-refractivity contribution in [2.45, 2.75) is 34.6 Å². The number of hydrogen-bond acceptors (Lipinski definition) is 22. The van der Waals surface area contributed by atoms with E-state index in [-0.39, 0.29) is 23.0 Å². The molecule has 578 valence electrons. The summed E-state index contributed by atoms with van der Waals surface area (Å²) >= 11 is 0. The predicted molar refractivity (Wildman–Crippen MR) is 434 cm³/mol. The molecule has 27 nitrogen and oxygen atoms in total. The molecule has 16 heterocycles. The zero-order valence-corrected chi connectivity index (χ0v) is 64.4. The van der Waals surface area contributed by atoms with Crippen LogP contribution in [0.1, 0.15) is 90.9 Å². The molecule has 0 unspecified atom stereocenters. The van der Waals surface area contributed by atoms with Gasteiger partial charge in [0, 0.05) is 154 Å². The van der Waals surface area contributed by atoms with Crippen LogP contribution in [-0.2, 0) is 14.4 Å². The number of rotatable bonds is 13. The molecule has 0 spiro atoms. The van der Waals surface area contributed by atoms with Crippen LogP contribution in [0.15, 0.2) is 183 Å². The molecule has 4 aliphatic rings. The minimum absolute atomic E-state index is 0.0383. The molecule has 111 heavy (non-hydrogen) atoms. The highest BCUT2D eigenvalue weighted by atomic mass is 19.1. The van der Waals surface area contributed by atoms with Gasteiger partial charge in [-0.25, -0.2) is 24.9 Å². The fourth-order valence-electron chi connectivity index (χ4n) is 12.0. The first-order valence-corrected chi connectivity index (χ1v) is 36.6. The van der Waals surface area contributed by atoms with Gasteiger partial charge in [-0.15, -0.1) is 0 Å². The van der Waals surface area contributed by atoms with Crippen molar-refractivity contribution in [3.05, 3.63) is 240 Å². The van der Waals surface area contributed by atoms with Gasteiger partial charge in [0.05, 0.1) is 5.69 Å². The van der Waals surface area contributed by atoms with Crippen LogP contribution in [-0.4, -0.2) is 252 Å². The molecule has 4 aliphatic heterocycles. The van der Waals surface area contributed by atoms with Gasteiger partial charge < -0.3 is 48.8 Å². The van der Waals surface area contributed by atoms with Gasteiger partial charge in [0.15, 0.2) is 42.4 Å². The second kappa shape index (κ2) is 41.9. The van der Waals surface area contributed by atoms with E-state index in [1.807, 2.05) is 157 Å². The van der Waals surface area contributed by atoms with Gasteiger partial charge >= 0.3 is 0 Å². The first kappa shape index (κ1) is 82.8. The van der Waals surface area contributed by atoms with Crippen LogP contribution >= 0.6 is 0 Å². The maximum Gasteiger partial charge on any atom is 0.228 e. The molecule has 0 saturated carbocycles. The van der Waals surface area contributed by atoms with E-state index in [1.165, 1.54) is 37.5 Å². The molecule has 12 aromatic heterocycles. The number of aromatic nitrogens is 12. The molecule has 4 fully saturated rings. The highest BCUT2D eigenvalue weighted by molar-refractivity contribution is 6.04. The first-order valence-electron chi connectivity index (χ1n) is 36.6. The van der Waals surface area contributed by atoms with Gasteiger partial charge in [-0.05, 0) is 183 Å². The van der Waals surface area contributed by atoms with Crippen molar-refractivity contribution >= 4 is 106 Å². The number of fused-ring (bicyclic) bond motifs is 5. The lowest BCUT2D eigenvalue weighted by Crippen LogP contribution is -2.45. The molecule has 0 amide bonds. The summed E-state index contributed by atoms with van der Waals surface area (Å²) < 4.78 is 22.3. The Labute approximate surface area is 645 Å². The molecule has 16 rings (SSSR count). The summed E-state index contributed by atoms with van der Waals surface area (Å²) in [5.41, 5.74) is 9.69. The molecular formula is C83H97FN20O7. The summed E-state index contributed by atoms with van der Waals surface area (Å²) in [7, 11) is 8.55. The number of nitrogens with zero attached hydrogens (tertiary/aromatic N) is 19. The topological polar surface area (TPSA) is 266 Å². The Morgan fingerprint density at radius 2 is 0.748 bits per heavy atom. The van der Waals surface area contributed by atoms with Crippen molar-refractivity contribution in [1.82, 2.24) is 81.8 Å². The average molecular weight is 1510 g/mol. The molecule has 0 radical (unpaired) electrons. The van der Waals surface area contributed by atoms with E-state index in [0.29, 0.717) is 29.0 Å². The Bertz CT molecular complexity index is 5120. The molecule has 0 aromatic carbocycles. The summed E-state index contributed by atoms with van der Waals surface area (Å²) in [6.07, 6.45) is 27.3. The van der Waals surface area contributed by atoms with E-state index in [2.05, 4.69) is 107 Å². The number of imidazole rings is 5. The molecule has 28 heteroatoms. The van der Waals surface area contributed by atoms with Gasteiger partial charge in [-0.2, -0.15) is 4.39 Å². The summed E-state index contributed by atoms with van der Waals surface area (Å²) in [5, 5.41) is 3.27. The van der Waals surface area contributed by atoms with E-state index < -0.39 is 5.95 Å². The molecule has 0 atom stereocenters. The van der Waals surface area contributed by atoms with Crippen LogP contribution in [0.2, 0.25) is 0 Å². The lowest BCUT2D eigenvalue weighted by atomic mass is 10.2. The summed E-state index contributed by atoms with van der Waals surface area (Å²) in [6.45, 7) is 25.0. The van der Waals surface area contributed by atoms with E-state index >= 15 is 0 Å². The Hall–Kier alpha value is -12.2. The number of aldehydes is 4. The second-order valence-electron chi connectivity index (χ2n) is 26.8. The Balaban J connectivity index is 0.000000154. The van der Waals surface area contributed by atoms with Gasteiger partial charge in [0.2, 0.25) is 5.95 Å². The zero-order chi connectivity index (χ0) is 79.2. The number of halogens is 1. The largest absolute Gasteiger partial charge is 0.353 e. The normalized spacial score (nSPS) is 14.8. The first-order chi connectivity index (χ1) is 53.7. The Kier molecular flexibility index (Phi) is 31.3. The van der Waals surface area contributed by atoms with Crippen LogP contribution < -0.4 is 20.0 Å². The fourth-order valence-corrected chi connectivity index (χ4v) is 12.0. The lowest BCUT2D eigenvalue weighted by molar-refractivity contribution is -0.115. The molecule has 0 aliphatic carbocycles. The van der Waals surface area contributed by atoms with Crippen molar-refractivity contribution in [1.29, 1.82) is 0 Å². The second-order valence-corrected chi connectivity index (χ2v) is 26.8. The van der Waals surface area contributed by atoms with Crippen molar-refractivity contribution in [3.63, 3.8) is 0 Å². The van der Waals surface area contributed by atoms with Gasteiger partial charge in [-0.1, -0.05) is 42.5 Å². The minimum atomic E-state index is -0.611. The number of nitrogens with one attached hydrogen (secondary N) is 1. The Morgan fingerprint density at radius 1 is 0.387 bits per heavy atom. The van der Waals surface area contributed by atoms with Crippen LogP contribution in [0.4, 0.5) is 21.8 Å². The molecule has 12 aromatic rings. The Morgan fingerprint density at radius 3 is 1.13 bits per heavy atom. The van der Waals surface area contributed by atoms with E-state index in [9.17, 15) is 38.0 Å². The number of likely N-dealkylation sites (N-methyl/N-ethyl adjacent to an activating group) is 4. The fraction of sp³-hybridized carbons (Fsp3) is 0.301. The van der Waals surface area contributed by atoms with Crippen molar-refractivity contribution < 1.29 is 38.0 Å². The van der Waals surface area contributed by atoms with Crippen LogP contribution in [0.3, 0.4) is 0 Å². The third-order valence-corrected chi connectivity index (χ3v) is 18.1. The van der Waals surface area contributed by atoms with Gasteiger partial charge in [0.1, 0.15) is 79.9 Å². The monoisotopic (exact) mass is 1500 g/mol. The standard InChI is InChI=1S/C23H25N5O.C16H20N4O.C13H16N4O.C8H5FN2O.C8H6N2O.C7H7NO.C5H12N2.C3H6O/c1-18-6-5-12-24-20(18)10-8-19(29)9-11-21-23(27-16-14-26(2)15-17-27)28-13-4-3-7-22(28)25-21;1-13(21)6-7-14-16(19-11-9-18(2)10-12-19)20-8-4-3-5-15(20)17-14;1-15-6-8-16(9-7-15)13-11(10-18)14-12-4-2-3-5-17(12)13;9-8-6(5-12)10-7-3-1-2-4-11(7)8;11-6-7-5-10-4-2-1-3-8(10)9-7;1-6-3-2-4-8-7(6)5-9;1-7-4-2-6-3-5-7;1-3(2)4/h3-13H,14-17H2,1-2H3;3-8H,9-12H2,1-2H3;2-5,10H,6-9H2,1H3;1-5H;1-6H;2-5H,1H3;6H,2-5H2,1H3;1-2H3/b10-8+,11-9+;7-6+;;;;;;. The number of ketones is 3. The number of carbonyl (C=O) groups excluding carboxylic acids is 7. The van der Waals surface area contributed by atoms with E-state index in [1.54, 1.807) is 68.0 Å². The van der Waals surface area contributed by atoms with Crippen LogP contribution in [0.25, 0.3) is 46.5 Å². The molecule has 0 bridgehead atoms. The quantitative estimate of drug-likeness (QED) is 0.0831. The summed E-state index contributed by atoms with van der Waals surface area (Å²) in [4.78, 5) is 121. The smallest absolute Gasteiger partial charge is 0.228 e. The summed E-state index contributed by atoms with van der Waals surface area (Å²) in [6, 6.07) is 36.0. The third kappa shape index (κ3) is 23.9. The van der Waals surface area contributed by atoms with Crippen molar-refractivity contribution in [3.8, 4) is 0 Å². The number of Topliss-reactive ketones (excluding diaryl/α,β-unsaturated/α-hetero) is 1. The number of anilines is 3. The average Bonchev–Trinajstić information content (AvgIpc) is 1.65. The molecule has 1 N–H and O–H groups in total. The van der Waals surface area contributed by atoms with Crippen LogP contribution in [0.5, 0.6) is 0 Å². The highest BCUT2D eigenvalue weighted by Gasteiger charge is 2.25.